The zero-order valence-corrected chi connectivity index (χ0v) is 16.1. The van der Waals surface area contributed by atoms with E-state index in [0.29, 0.717) is 21.2 Å². The Morgan fingerprint density at radius 1 is 1.08 bits per heavy atom. The van der Waals surface area contributed by atoms with Crippen LogP contribution in [-0.2, 0) is 5.41 Å². The molecule has 0 aliphatic heterocycles. The van der Waals surface area contributed by atoms with Gasteiger partial charge in [0.1, 0.15) is 11.3 Å². The van der Waals surface area contributed by atoms with E-state index in [9.17, 15) is 15.0 Å². The van der Waals surface area contributed by atoms with Gasteiger partial charge in [-0.25, -0.2) is 4.79 Å². The van der Waals surface area contributed by atoms with Crippen molar-refractivity contribution < 1.29 is 15.0 Å². The molecular formula is C18H18Cl2O3S. The normalized spacial score (nSPS) is 11.6. The minimum absolute atomic E-state index is 0.0712. The lowest BCUT2D eigenvalue weighted by Crippen LogP contribution is -2.14. The van der Waals surface area contributed by atoms with E-state index < -0.39 is 11.4 Å². The van der Waals surface area contributed by atoms with Crippen molar-refractivity contribution in [2.24, 2.45) is 0 Å². The average molecular weight is 385 g/mol. The van der Waals surface area contributed by atoms with E-state index in [1.165, 1.54) is 11.8 Å². The van der Waals surface area contributed by atoms with E-state index >= 15 is 0 Å². The molecule has 2 aromatic rings. The van der Waals surface area contributed by atoms with E-state index in [0.717, 1.165) is 9.79 Å². The van der Waals surface area contributed by atoms with Crippen molar-refractivity contribution in [1.82, 2.24) is 0 Å². The Balaban J connectivity index is 2.65. The predicted octanol–water partition coefficient (Wildman–Crippen LogP) is 6.15. The molecule has 0 bridgehead atoms. The molecule has 3 nitrogen and oxygen atoms in total. The topological polar surface area (TPSA) is 57.5 Å². The molecule has 0 saturated carbocycles. The van der Waals surface area contributed by atoms with Crippen LogP contribution in [0, 0.1) is 6.92 Å². The summed E-state index contributed by atoms with van der Waals surface area (Å²) in [7, 11) is 0. The van der Waals surface area contributed by atoms with Crippen LogP contribution in [0.15, 0.2) is 34.1 Å². The fraction of sp³-hybridized carbons (Fsp3) is 0.278. The number of carboxylic acid groups (broad SMARTS) is 1. The Morgan fingerprint density at radius 2 is 1.62 bits per heavy atom. The van der Waals surface area contributed by atoms with Gasteiger partial charge in [-0.05, 0) is 42.2 Å². The number of benzene rings is 2. The standard InChI is InChI=1S/C18H18Cl2O3S/c1-9-14(24-12-6-10(19)5-11(20)7-12)8-13(18(2,3)4)16(21)15(9)17(22)23/h5-8,21H,1-4H3,(H,22,23). The maximum atomic E-state index is 11.6. The molecule has 128 valence electrons. The van der Waals surface area contributed by atoms with Crippen molar-refractivity contribution in [2.45, 2.75) is 42.9 Å². The van der Waals surface area contributed by atoms with Gasteiger partial charge in [0.15, 0.2) is 0 Å². The summed E-state index contributed by atoms with van der Waals surface area (Å²) >= 11 is 13.4. The molecule has 0 amide bonds. The fourth-order valence-electron chi connectivity index (χ4n) is 2.40. The number of phenols is 1. The zero-order valence-electron chi connectivity index (χ0n) is 13.8. The number of carbonyl (C=O) groups is 1. The third kappa shape index (κ3) is 4.00. The molecule has 0 aliphatic carbocycles. The Bertz CT molecular complexity index is 791. The highest BCUT2D eigenvalue weighted by Gasteiger charge is 2.26. The zero-order chi connectivity index (χ0) is 18.2. The molecule has 0 heterocycles. The molecule has 0 aliphatic rings. The fourth-order valence-corrected chi connectivity index (χ4v) is 4.11. The van der Waals surface area contributed by atoms with E-state index in [1.54, 1.807) is 25.1 Å². The molecule has 0 atom stereocenters. The maximum Gasteiger partial charge on any atom is 0.339 e. The summed E-state index contributed by atoms with van der Waals surface area (Å²) in [5, 5.41) is 20.9. The summed E-state index contributed by atoms with van der Waals surface area (Å²) in [6.07, 6.45) is 0. The van der Waals surface area contributed by atoms with Gasteiger partial charge in [-0.1, -0.05) is 55.7 Å². The van der Waals surface area contributed by atoms with E-state index in [1.807, 2.05) is 26.8 Å². The van der Waals surface area contributed by atoms with Crippen LogP contribution in [0.2, 0.25) is 10.0 Å². The van der Waals surface area contributed by atoms with Crippen molar-refractivity contribution in [3.63, 3.8) is 0 Å². The van der Waals surface area contributed by atoms with Crippen molar-refractivity contribution >= 4 is 40.9 Å². The first-order valence-corrected chi connectivity index (χ1v) is 8.82. The third-order valence-electron chi connectivity index (χ3n) is 3.60. The van der Waals surface area contributed by atoms with Gasteiger partial charge in [0.05, 0.1) is 0 Å². The van der Waals surface area contributed by atoms with Crippen molar-refractivity contribution in [3.8, 4) is 5.75 Å². The van der Waals surface area contributed by atoms with Crippen LogP contribution in [-0.4, -0.2) is 16.2 Å². The highest BCUT2D eigenvalue weighted by Crippen LogP contribution is 2.42. The summed E-state index contributed by atoms with van der Waals surface area (Å²) in [5.74, 6) is -1.33. The van der Waals surface area contributed by atoms with Crippen LogP contribution < -0.4 is 0 Å². The summed E-state index contributed by atoms with van der Waals surface area (Å²) in [4.78, 5) is 13.2. The van der Waals surface area contributed by atoms with Gasteiger partial charge in [0.2, 0.25) is 0 Å². The lowest BCUT2D eigenvalue weighted by Gasteiger charge is -2.24. The van der Waals surface area contributed by atoms with Gasteiger partial charge in [-0.2, -0.15) is 0 Å². The molecule has 0 unspecified atom stereocenters. The third-order valence-corrected chi connectivity index (χ3v) is 5.15. The molecule has 0 fully saturated rings. The van der Waals surface area contributed by atoms with Crippen LogP contribution in [0.3, 0.4) is 0 Å². The molecule has 24 heavy (non-hydrogen) atoms. The first-order valence-electron chi connectivity index (χ1n) is 7.25. The second-order valence-corrected chi connectivity index (χ2v) is 8.52. The number of hydrogen-bond acceptors (Lipinski definition) is 3. The largest absolute Gasteiger partial charge is 0.507 e. The minimum Gasteiger partial charge on any atom is -0.507 e. The summed E-state index contributed by atoms with van der Waals surface area (Å²) < 4.78 is 0. The molecule has 0 spiro atoms. The summed E-state index contributed by atoms with van der Waals surface area (Å²) in [5.41, 5.74) is 0.622. The number of aromatic hydroxyl groups is 1. The second-order valence-electron chi connectivity index (χ2n) is 6.53. The molecular weight excluding hydrogens is 367 g/mol. The van der Waals surface area contributed by atoms with Gasteiger partial charge in [0, 0.05) is 25.4 Å². The van der Waals surface area contributed by atoms with Crippen LogP contribution in [0.5, 0.6) is 5.75 Å². The Morgan fingerprint density at radius 3 is 2.08 bits per heavy atom. The van der Waals surface area contributed by atoms with E-state index in [2.05, 4.69) is 0 Å². The lowest BCUT2D eigenvalue weighted by molar-refractivity contribution is 0.0692. The summed E-state index contributed by atoms with van der Waals surface area (Å²) in [6, 6.07) is 7.00. The highest BCUT2D eigenvalue weighted by molar-refractivity contribution is 7.99. The SMILES string of the molecule is Cc1c(Sc2cc(Cl)cc(Cl)c2)cc(C(C)(C)C)c(O)c1C(=O)O. The van der Waals surface area contributed by atoms with Crippen molar-refractivity contribution in [2.75, 3.05) is 0 Å². The number of aromatic carboxylic acids is 1. The van der Waals surface area contributed by atoms with Gasteiger partial charge >= 0.3 is 5.97 Å². The number of carboxylic acids is 1. The van der Waals surface area contributed by atoms with Crippen LogP contribution in [0.1, 0.15) is 42.3 Å². The number of halogens is 2. The Labute approximate surface area is 155 Å². The maximum absolute atomic E-state index is 11.6. The van der Waals surface area contributed by atoms with Crippen LogP contribution in [0.4, 0.5) is 0 Å². The number of hydrogen-bond donors (Lipinski definition) is 2. The Hall–Kier alpha value is -1.36. The number of rotatable bonds is 3. The monoisotopic (exact) mass is 384 g/mol. The van der Waals surface area contributed by atoms with E-state index in [4.69, 9.17) is 23.2 Å². The van der Waals surface area contributed by atoms with Gasteiger partial charge < -0.3 is 10.2 Å². The first kappa shape index (κ1) is 19.0. The molecule has 6 heteroatoms. The van der Waals surface area contributed by atoms with Crippen LogP contribution >= 0.6 is 35.0 Å². The highest BCUT2D eigenvalue weighted by atomic mass is 35.5. The smallest absolute Gasteiger partial charge is 0.339 e. The van der Waals surface area contributed by atoms with E-state index in [-0.39, 0.29) is 11.3 Å². The molecule has 0 saturated heterocycles. The molecule has 0 radical (unpaired) electrons. The minimum atomic E-state index is -1.15. The Kier molecular flexibility index (Phi) is 5.43. The molecule has 2 aromatic carbocycles. The quantitative estimate of drug-likeness (QED) is 0.665. The summed E-state index contributed by atoms with van der Waals surface area (Å²) in [6.45, 7) is 7.46. The van der Waals surface area contributed by atoms with Gasteiger partial charge in [-0.15, -0.1) is 0 Å². The molecule has 0 aromatic heterocycles. The van der Waals surface area contributed by atoms with Gasteiger partial charge in [-0.3, -0.25) is 0 Å². The van der Waals surface area contributed by atoms with Crippen molar-refractivity contribution in [1.29, 1.82) is 0 Å². The predicted molar refractivity (Wildman–Crippen MR) is 99.1 cm³/mol. The average Bonchev–Trinajstić information content (AvgIpc) is 2.39. The lowest BCUT2D eigenvalue weighted by atomic mass is 9.84. The van der Waals surface area contributed by atoms with Crippen molar-refractivity contribution in [3.05, 3.63) is 51.0 Å². The molecule has 2 rings (SSSR count). The molecule has 2 N–H and O–H groups in total. The van der Waals surface area contributed by atoms with Crippen LogP contribution in [0.25, 0.3) is 0 Å². The van der Waals surface area contributed by atoms with Gasteiger partial charge in [0.25, 0.3) is 0 Å². The first-order chi connectivity index (χ1) is 11.0. The second kappa shape index (κ2) is 6.87.